The van der Waals surface area contributed by atoms with Crippen LogP contribution >= 0.6 is 0 Å². The quantitative estimate of drug-likeness (QED) is 0.717. The van der Waals surface area contributed by atoms with Crippen LogP contribution in [0.15, 0.2) is 30.3 Å². The largest absolute Gasteiger partial charge is 0.326 e. The number of hydrogen-bond donors (Lipinski definition) is 0. The van der Waals surface area contributed by atoms with E-state index in [0.717, 1.165) is 18.4 Å². The second-order valence-electron chi connectivity index (χ2n) is 4.07. The molecule has 3 nitrogen and oxygen atoms in total. The minimum atomic E-state index is 0.0650. The number of carbonyl (C=O) groups excluding carboxylic acids is 1. The third kappa shape index (κ3) is 2.60. The molecule has 1 fully saturated rings. The average Bonchev–Trinajstić information content (AvgIpc) is 3.11. The van der Waals surface area contributed by atoms with Crippen LogP contribution in [0.4, 0.5) is 0 Å². The summed E-state index contributed by atoms with van der Waals surface area (Å²) in [5.74, 6) is 0.0650. The summed E-state index contributed by atoms with van der Waals surface area (Å²) in [4.78, 5) is 13.7. The lowest BCUT2D eigenvalue weighted by molar-refractivity contribution is -0.130. The third-order valence-electron chi connectivity index (χ3n) is 2.75. The zero-order valence-corrected chi connectivity index (χ0v) is 9.10. The lowest BCUT2D eigenvalue weighted by atomic mass is 10.1. The average molecular weight is 214 g/mol. The van der Waals surface area contributed by atoms with Gasteiger partial charge < -0.3 is 4.90 Å². The van der Waals surface area contributed by atoms with E-state index in [1.807, 2.05) is 30.3 Å². The summed E-state index contributed by atoms with van der Waals surface area (Å²) in [5.41, 5.74) is 1.01. The van der Waals surface area contributed by atoms with Gasteiger partial charge in [0.2, 0.25) is 5.91 Å². The van der Waals surface area contributed by atoms with Crippen LogP contribution in [-0.4, -0.2) is 23.4 Å². The molecule has 82 valence electrons. The Morgan fingerprint density at radius 2 is 2.06 bits per heavy atom. The monoisotopic (exact) mass is 214 g/mol. The normalized spacial score (nSPS) is 14.2. The summed E-state index contributed by atoms with van der Waals surface area (Å²) in [6.07, 6.45) is 2.49. The Morgan fingerprint density at radius 1 is 1.38 bits per heavy atom. The van der Waals surface area contributed by atoms with Crippen LogP contribution in [0.2, 0.25) is 0 Å². The minimum absolute atomic E-state index is 0.0650. The highest BCUT2D eigenvalue weighted by Crippen LogP contribution is 2.27. The van der Waals surface area contributed by atoms with E-state index in [1.54, 1.807) is 4.90 Å². The first-order valence-electron chi connectivity index (χ1n) is 5.51. The fourth-order valence-corrected chi connectivity index (χ4v) is 1.76. The number of nitriles is 1. The maximum absolute atomic E-state index is 12.0. The molecule has 3 heteroatoms. The second-order valence-corrected chi connectivity index (χ2v) is 4.07. The van der Waals surface area contributed by atoms with E-state index in [1.165, 1.54) is 0 Å². The van der Waals surface area contributed by atoms with Crippen molar-refractivity contribution in [1.29, 1.82) is 5.26 Å². The molecule has 1 aromatic rings. The lowest BCUT2D eigenvalue weighted by Gasteiger charge is -2.18. The number of rotatable bonds is 4. The van der Waals surface area contributed by atoms with Crippen molar-refractivity contribution in [2.75, 3.05) is 6.54 Å². The van der Waals surface area contributed by atoms with Gasteiger partial charge in [0.15, 0.2) is 0 Å². The van der Waals surface area contributed by atoms with E-state index in [-0.39, 0.29) is 12.5 Å². The molecular weight excluding hydrogens is 200 g/mol. The summed E-state index contributed by atoms with van der Waals surface area (Å²) < 4.78 is 0. The van der Waals surface area contributed by atoms with Crippen molar-refractivity contribution in [3.8, 4) is 6.07 Å². The fraction of sp³-hybridized carbons (Fsp3) is 0.385. The van der Waals surface area contributed by atoms with Gasteiger partial charge in [-0.1, -0.05) is 30.3 Å². The van der Waals surface area contributed by atoms with E-state index in [0.29, 0.717) is 12.5 Å². The molecule has 1 aromatic carbocycles. The van der Waals surface area contributed by atoms with Gasteiger partial charge in [0.1, 0.15) is 6.54 Å². The number of nitrogens with zero attached hydrogens (tertiary/aromatic N) is 2. The van der Waals surface area contributed by atoms with Crippen molar-refractivity contribution < 1.29 is 4.79 Å². The van der Waals surface area contributed by atoms with Gasteiger partial charge in [0, 0.05) is 6.04 Å². The maximum atomic E-state index is 12.0. The molecule has 2 rings (SSSR count). The molecule has 0 N–H and O–H groups in total. The molecular formula is C13H14N2O. The summed E-state index contributed by atoms with van der Waals surface area (Å²) >= 11 is 0. The van der Waals surface area contributed by atoms with Crippen molar-refractivity contribution >= 4 is 5.91 Å². The van der Waals surface area contributed by atoms with E-state index in [9.17, 15) is 4.79 Å². The summed E-state index contributed by atoms with van der Waals surface area (Å²) in [7, 11) is 0. The molecule has 0 bridgehead atoms. The standard InChI is InChI=1S/C13H14N2O/c14-8-9-15(12-6-7-12)13(16)10-11-4-2-1-3-5-11/h1-5,12H,6-7,9-10H2. The predicted molar refractivity (Wildman–Crippen MR) is 60.5 cm³/mol. The summed E-state index contributed by atoms with van der Waals surface area (Å²) in [6, 6.07) is 12.0. The van der Waals surface area contributed by atoms with Crippen LogP contribution in [0, 0.1) is 11.3 Å². The second kappa shape index (κ2) is 4.80. The van der Waals surface area contributed by atoms with Crippen molar-refractivity contribution in [3.63, 3.8) is 0 Å². The molecule has 16 heavy (non-hydrogen) atoms. The van der Waals surface area contributed by atoms with Gasteiger partial charge in [0.05, 0.1) is 12.5 Å². The third-order valence-corrected chi connectivity index (χ3v) is 2.75. The van der Waals surface area contributed by atoms with Gasteiger partial charge in [-0.05, 0) is 18.4 Å². The molecule has 0 unspecified atom stereocenters. The zero-order chi connectivity index (χ0) is 11.4. The van der Waals surface area contributed by atoms with Gasteiger partial charge in [0.25, 0.3) is 0 Å². The first-order chi connectivity index (χ1) is 7.81. The van der Waals surface area contributed by atoms with Gasteiger partial charge in [-0.2, -0.15) is 5.26 Å². The highest BCUT2D eigenvalue weighted by Gasteiger charge is 2.31. The van der Waals surface area contributed by atoms with E-state index in [4.69, 9.17) is 5.26 Å². The molecule has 0 aliphatic heterocycles. The van der Waals surface area contributed by atoms with Crippen LogP contribution < -0.4 is 0 Å². The molecule has 0 saturated heterocycles. The number of hydrogen-bond acceptors (Lipinski definition) is 2. The van der Waals surface area contributed by atoms with Crippen molar-refractivity contribution in [1.82, 2.24) is 4.90 Å². The predicted octanol–water partition coefficient (Wildman–Crippen LogP) is 1.74. The van der Waals surface area contributed by atoms with Gasteiger partial charge >= 0.3 is 0 Å². The van der Waals surface area contributed by atoms with Crippen molar-refractivity contribution in [2.45, 2.75) is 25.3 Å². The Balaban J connectivity index is 1.98. The number of benzene rings is 1. The fourth-order valence-electron chi connectivity index (χ4n) is 1.76. The Kier molecular flexibility index (Phi) is 3.21. The van der Waals surface area contributed by atoms with Gasteiger partial charge in [-0.15, -0.1) is 0 Å². The van der Waals surface area contributed by atoms with Crippen LogP contribution in [-0.2, 0) is 11.2 Å². The number of amides is 1. The van der Waals surface area contributed by atoms with Crippen LogP contribution in [0.3, 0.4) is 0 Å². The smallest absolute Gasteiger partial charge is 0.228 e. The molecule has 1 aliphatic carbocycles. The first-order valence-corrected chi connectivity index (χ1v) is 5.51. The minimum Gasteiger partial charge on any atom is -0.326 e. The van der Waals surface area contributed by atoms with E-state index >= 15 is 0 Å². The van der Waals surface area contributed by atoms with E-state index < -0.39 is 0 Å². The number of carbonyl (C=O) groups is 1. The maximum Gasteiger partial charge on any atom is 0.228 e. The molecule has 1 amide bonds. The molecule has 0 radical (unpaired) electrons. The van der Waals surface area contributed by atoms with Crippen molar-refractivity contribution in [2.24, 2.45) is 0 Å². The SMILES string of the molecule is N#CCN(C(=O)Cc1ccccc1)C1CC1. The first kappa shape index (κ1) is 10.7. The van der Waals surface area contributed by atoms with Gasteiger partial charge in [-0.3, -0.25) is 4.79 Å². The van der Waals surface area contributed by atoms with Crippen LogP contribution in [0.1, 0.15) is 18.4 Å². The Labute approximate surface area is 95.3 Å². The zero-order valence-electron chi connectivity index (χ0n) is 9.10. The lowest BCUT2D eigenvalue weighted by Crippen LogP contribution is -2.34. The summed E-state index contributed by atoms with van der Waals surface area (Å²) in [6.45, 7) is 0.219. The Morgan fingerprint density at radius 3 is 2.62 bits per heavy atom. The molecule has 0 atom stereocenters. The summed E-state index contributed by atoms with van der Waals surface area (Å²) in [5, 5.41) is 8.68. The van der Waals surface area contributed by atoms with Crippen LogP contribution in [0.25, 0.3) is 0 Å². The molecule has 1 aliphatic rings. The van der Waals surface area contributed by atoms with Crippen LogP contribution in [0.5, 0.6) is 0 Å². The Hall–Kier alpha value is -1.82. The molecule has 1 saturated carbocycles. The molecule has 0 aromatic heterocycles. The highest BCUT2D eigenvalue weighted by atomic mass is 16.2. The van der Waals surface area contributed by atoms with E-state index in [2.05, 4.69) is 6.07 Å². The highest BCUT2D eigenvalue weighted by molar-refractivity contribution is 5.79. The molecule has 0 spiro atoms. The van der Waals surface area contributed by atoms with Crippen molar-refractivity contribution in [3.05, 3.63) is 35.9 Å². The van der Waals surface area contributed by atoms with Gasteiger partial charge in [-0.25, -0.2) is 0 Å². The molecule has 0 heterocycles. The Bertz CT molecular complexity index is 404. The topological polar surface area (TPSA) is 44.1 Å².